The highest BCUT2D eigenvalue weighted by atomic mass is 16.5. The molecular weight excluding hydrogens is 254 g/mol. The van der Waals surface area contributed by atoms with E-state index in [-0.39, 0.29) is 11.9 Å². The van der Waals surface area contributed by atoms with Gasteiger partial charge in [0.25, 0.3) is 0 Å². The van der Waals surface area contributed by atoms with E-state index in [0.717, 1.165) is 5.56 Å². The van der Waals surface area contributed by atoms with Crippen LogP contribution in [0.15, 0.2) is 40.9 Å². The molecule has 0 aliphatic carbocycles. The maximum Gasteiger partial charge on any atom is 0.247 e. The number of benzene rings is 1. The van der Waals surface area contributed by atoms with Crippen LogP contribution in [0.4, 0.5) is 5.82 Å². The Morgan fingerprint density at radius 1 is 1.25 bits per heavy atom. The maximum atomic E-state index is 12.4. The number of aryl methyl sites for hydroxylation is 1. The highest BCUT2D eigenvalue weighted by Crippen LogP contribution is 2.16. The average Bonchev–Trinajstić information content (AvgIpc) is 2.82. The van der Waals surface area contributed by atoms with Crippen molar-refractivity contribution in [3.8, 4) is 0 Å². The lowest BCUT2D eigenvalue weighted by molar-refractivity contribution is -0.118. The molecule has 0 saturated heterocycles. The molecule has 1 amide bonds. The van der Waals surface area contributed by atoms with Crippen LogP contribution in [0.25, 0.3) is 0 Å². The van der Waals surface area contributed by atoms with E-state index in [4.69, 9.17) is 4.52 Å². The van der Waals surface area contributed by atoms with E-state index in [9.17, 15) is 4.79 Å². The van der Waals surface area contributed by atoms with Gasteiger partial charge in [0.1, 0.15) is 11.8 Å². The standard InChI is InChI=1S/C15H19N3O2/c1-10(2)16-14(12-7-5-4-6-8-12)15(19)17-13-9-11(3)20-18-13/h4-10,14,16H,1-3H3,(H,17,18,19)/t14-/m0/s1. The predicted molar refractivity (Wildman–Crippen MR) is 77.3 cm³/mol. The number of carbonyl (C=O) groups is 1. The van der Waals surface area contributed by atoms with Crippen molar-refractivity contribution in [3.63, 3.8) is 0 Å². The van der Waals surface area contributed by atoms with Gasteiger partial charge in [-0.15, -0.1) is 0 Å². The van der Waals surface area contributed by atoms with Crippen LogP contribution in [0.1, 0.15) is 31.2 Å². The molecule has 0 aliphatic heterocycles. The summed E-state index contributed by atoms with van der Waals surface area (Å²) in [6, 6.07) is 11.1. The molecule has 0 aliphatic rings. The first-order chi connectivity index (χ1) is 9.56. The summed E-state index contributed by atoms with van der Waals surface area (Å²) < 4.78 is 4.95. The SMILES string of the molecule is Cc1cc(NC(=O)[C@@H](NC(C)C)c2ccccc2)no1. The van der Waals surface area contributed by atoms with Crippen LogP contribution < -0.4 is 10.6 Å². The number of aromatic nitrogens is 1. The lowest BCUT2D eigenvalue weighted by Gasteiger charge is -2.20. The molecule has 1 aromatic heterocycles. The third kappa shape index (κ3) is 3.68. The largest absolute Gasteiger partial charge is 0.360 e. The first-order valence-corrected chi connectivity index (χ1v) is 6.61. The first kappa shape index (κ1) is 14.3. The van der Waals surface area contributed by atoms with Crippen LogP contribution in [-0.4, -0.2) is 17.1 Å². The van der Waals surface area contributed by atoms with Crippen molar-refractivity contribution in [2.45, 2.75) is 32.9 Å². The summed E-state index contributed by atoms with van der Waals surface area (Å²) in [6.45, 7) is 5.79. The molecular formula is C15H19N3O2. The molecule has 1 heterocycles. The van der Waals surface area contributed by atoms with Gasteiger partial charge in [0.05, 0.1) is 0 Å². The topological polar surface area (TPSA) is 67.2 Å². The number of hydrogen-bond donors (Lipinski definition) is 2. The fraction of sp³-hybridized carbons (Fsp3) is 0.333. The number of amides is 1. The Morgan fingerprint density at radius 2 is 1.95 bits per heavy atom. The Hall–Kier alpha value is -2.14. The molecule has 106 valence electrons. The van der Waals surface area contributed by atoms with Crippen molar-refractivity contribution in [3.05, 3.63) is 47.7 Å². The lowest BCUT2D eigenvalue weighted by Crippen LogP contribution is -2.37. The molecule has 5 heteroatoms. The monoisotopic (exact) mass is 273 g/mol. The van der Waals surface area contributed by atoms with Gasteiger partial charge in [-0.25, -0.2) is 0 Å². The molecule has 20 heavy (non-hydrogen) atoms. The van der Waals surface area contributed by atoms with Gasteiger partial charge in [-0.3, -0.25) is 10.1 Å². The summed E-state index contributed by atoms with van der Waals surface area (Å²) in [5.41, 5.74) is 0.916. The summed E-state index contributed by atoms with van der Waals surface area (Å²) in [5, 5.41) is 9.79. The molecule has 0 bridgehead atoms. The summed E-state index contributed by atoms with van der Waals surface area (Å²) in [4.78, 5) is 12.4. The molecule has 1 atom stereocenters. The second-order valence-corrected chi connectivity index (χ2v) is 4.98. The van der Waals surface area contributed by atoms with Crippen LogP contribution in [-0.2, 0) is 4.79 Å². The normalized spacial score (nSPS) is 12.4. The highest BCUT2D eigenvalue weighted by molar-refractivity contribution is 5.94. The second kappa shape index (κ2) is 6.34. The lowest BCUT2D eigenvalue weighted by atomic mass is 10.1. The Bertz CT molecular complexity index is 564. The van der Waals surface area contributed by atoms with E-state index in [2.05, 4.69) is 15.8 Å². The fourth-order valence-corrected chi connectivity index (χ4v) is 1.93. The van der Waals surface area contributed by atoms with Gasteiger partial charge in [0.2, 0.25) is 5.91 Å². The number of rotatable bonds is 5. The van der Waals surface area contributed by atoms with Crippen LogP contribution in [0, 0.1) is 6.92 Å². The van der Waals surface area contributed by atoms with Gasteiger partial charge in [0.15, 0.2) is 5.82 Å². The van der Waals surface area contributed by atoms with Gasteiger partial charge in [0, 0.05) is 12.1 Å². The third-order valence-corrected chi connectivity index (χ3v) is 2.77. The number of anilines is 1. The zero-order chi connectivity index (χ0) is 14.5. The molecule has 2 N–H and O–H groups in total. The first-order valence-electron chi connectivity index (χ1n) is 6.61. The fourth-order valence-electron chi connectivity index (χ4n) is 1.93. The smallest absolute Gasteiger partial charge is 0.247 e. The predicted octanol–water partition coefficient (Wildman–Crippen LogP) is 2.66. The third-order valence-electron chi connectivity index (χ3n) is 2.77. The van der Waals surface area contributed by atoms with Crippen molar-refractivity contribution in [1.29, 1.82) is 0 Å². The summed E-state index contributed by atoms with van der Waals surface area (Å²) >= 11 is 0. The van der Waals surface area contributed by atoms with Crippen molar-refractivity contribution in [1.82, 2.24) is 10.5 Å². The van der Waals surface area contributed by atoms with E-state index in [1.807, 2.05) is 44.2 Å². The van der Waals surface area contributed by atoms with Gasteiger partial charge >= 0.3 is 0 Å². The minimum Gasteiger partial charge on any atom is -0.360 e. The number of nitrogens with one attached hydrogen (secondary N) is 2. The van der Waals surface area contributed by atoms with Gasteiger partial charge in [-0.1, -0.05) is 35.5 Å². The van der Waals surface area contributed by atoms with Crippen LogP contribution in [0.3, 0.4) is 0 Å². The molecule has 2 rings (SSSR count). The molecule has 2 aromatic rings. The van der Waals surface area contributed by atoms with Crippen molar-refractivity contribution in [2.24, 2.45) is 0 Å². The quantitative estimate of drug-likeness (QED) is 0.879. The minimum atomic E-state index is -0.423. The van der Waals surface area contributed by atoms with E-state index in [0.29, 0.717) is 11.6 Å². The van der Waals surface area contributed by atoms with Crippen molar-refractivity contribution >= 4 is 11.7 Å². The zero-order valence-electron chi connectivity index (χ0n) is 11.9. The van der Waals surface area contributed by atoms with Crippen LogP contribution >= 0.6 is 0 Å². The van der Waals surface area contributed by atoms with E-state index in [1.165, 1.54) is 0 Å². The van der Waals surface area contributed by atoms with Crippen LogP contribution in [0.5, 0.6) is 0 Å². The summed E-state index contributed by atoms with van der Waals surface area (Å²) in [5.74, 6) is 0.936. The molecule has 0 unspecified atom stereocenters. The molecule has 5 nitrogen and oxygen atoms in total. The summed E-state index contributed by atoms with van der Waals surface area (Å²) in [7, 11) is 0. The second-order valence-electron chi connectivity index (χ2n) is 4.98. The van der Waals surface area contributed by atoms with E-state index >= 15 is 0 Å². The van der Waals surface area contributed by atoms with E-state index < -0.39 is 6.04 Å². The molecule has 1 aromatic carbocycles. The number of carbonyl (C=O) groups excluding carboxylic acids is 1. The Morgan fingerprint density at radius 3 is 2.50 bits per heavy atom. The molecule has 0 spiro atoms. The van der Waals surface area contributed by atoms with E-state index in [1.54, 1.807) is 13.0 Å². The Kier molecular flexibility index (Phi) is 4.53. The van der Waals surface area contributed by atoms with Gasteiger partial charge in [-0.2, -0.15) is 0 Å². The van der Waals surface area contributed by atoms with Crippen LogP contribution in [0.2, 0.25) is 0 Å². The molecule has 0 radical (unpaired) electrons. The number of nitrogens with zero attached hydrogens (tertiary/aromatic N) is 1. The van der Waals surface area contributed by atoms with Crippen molar-refractivity contribution < 1.29 is 9.32 Å². The Balaban J connectivity index is 2.16. The minimum absolute atomic E-state index is 0.154. The molecule has 0 saturated carbocycles. The average molecular weight is 273 g/mol. The van der Waals surface area contributed by atoms with Crippen molar-refractivity contribution in [2.75, 3.05) is 5.32 Å². The molecule has 0 fully saturated rings. The Labute approximate surface area is 118 Å². The number of hydrogen-bond acceptors (Lipinski definition) is 4. The summed E-state index contributed by atoms with van der Waals surface area (Å²) in [6.07, 6.45) is 0. The zero-order valence-corrected chi connectivity index (χ0v) is 11.9. The highest BCUT2D eigenvalue weighted by Gasteiger charge is 2.21. The maximum absolute atomic E-state index is 12.4. The van der Waals surface area contributed by atoms with Gasteiger partial charge < -0.3 is 9.84 Å². The van der Waals surface area contributed by atoms with Gasteiger partial charge in [-0.05, 0) is 26.3 Å².